The fourth-order valence-corrected chi connectivity index (χ4v) is 4.06. The van der Waals surface area contributed by atoms with Crippen molar-refractivity contribution in [1.82, 2.24) is 14.5 Å². The lowest BCUT2D eigenvalue weighted by Crippen LogP contribution is -2.24. The summed E-state index contributed by atoms with van der Waals surface area (Å²) in [6.45, 7) is 4.37. The third kappa shape index (κ3) is 6.07. The van der Waals surface area contributed by atoms with Crippen molar-refractivity contribution in [2.75, 3.05) is 13.1 Å². The van der Waals surface area contributed by atoms with E-state index in [0.29, 0.717) is 28.6 Å². The van der Waals surface area contributed by atoms with Gasteiger partial charge in [0.25, 0.3) is 5.56 Å². The first kappa shape index (κ1) is 23.2. The highest BCUT2D eigenvalue weighted by Crippen LogP contribution is 2.18. The molecule has 0 aliphatic carbocycles. The van der Waals surface area contributed by atoms with E-state index in [1.165, 1.54) is 16.8 Å². The van der Waals surface area contributed by atoms with E-state index in [0.717, 1.165) is 30.6 Å². The van der Waals surface area contributed by atoms with Gasteiger partial charge in [0.1, 0.15) is 12.4 Å². The number of carbonyl (C=O) groups is 1. The molecule has 1 aromatic carbocycles. The second-order valence-electron chi connectivity index (χ2n) is 8.34. The minimum absolute atomic E-state index is 0.0453. The average molecular weight is 468 g/mol. The van der Waals surface area contributed by atoms with E-state index in [2.05, 4.69) is 9.88 Å². The molecule has 1 atom stereocenters. The fourth-order valence-electron chi connectivity index (χ4n) is 3.95. The van der Waals surface area contributed by atoms with Crippen LogP contribution < -0.4 is 10.3 Å². The number of rotatable bonds is 8. The van der Waals surface area contributed by atoms with Crippen molar-refractivity contribution in [3.8, 4) is 5.75 Å². The molecule has 4 rings (SSSR count). The standard InChI is InChI=1S/C25H26ClN3O4/c1-17-10-18(13-28-8-6-21(30)14-28)2-5-23(17)24(31)15-29-9-7-22(11-25(29)32)33-16-20-4-3-19(26)12-27-20/h2-5,7,9-12,21,30H,6,8,13-16H2,1H3. The van der Waals surface area contributed by atoms with Crippen LogP contribution in [0.2, 0.25) is 5.02 Å². The van der Waals surface area contributed by atoms with Crippen molar-refractivity contribution in [3.63, 3.8) is 0 Å². The minimum Gasteiger partial charge on any atom is -0.487 e. The first-order valence-electron chi connectivity index (χ1n) is 10.8. The summed E-state index contributed by atoms with van der Waals surface area (Å²) in [6.07, 6.45) is 3.64. The summed E-state index contributed by atoms with van der Waals surface area (Å²) in [7, 11) is 0. The number of nitrogens with zero attached hydrogens (tertiary/aromatic N) is 3. The van der Waals surface area contributed by atoms with Gasteiger partial charge < -0.3 is 14.4 Å². The van der Waals surface area contributed by atoms with Crippen LogP contribution in [0.1, 0.15) is 33.6 Å². The number of ketones is 1. The van der Waals surface area contributed by atoms with E-state index in [1.807, 2.05) is 25.1 Å². The maximum atomic E-state index is 12.9. The molecule has 3 heterocycles. The van der Waals surface area contributed by atoms with E-state index >= 15 is 0 Å². The third-order valence-electron chi connectivity index (χ3n) is 5.70. The summed E-state index contributed by atoms with van der Waals surface area (Å²) in [5.74, 6) is 0.282. The fraction of sp³-hybridized carbons (Fsp3) is 0.320. The van der Waals surface area contributed by atoms with E-state index in [-0.39, 0.29) is 30.6 Å². The van der Waals surface area contributed by atoms with Crippen LogP contribution >= 0.6 is 11.6 Å². The number of likely N-dealkylation sites (tertiary alicyclic amines) is 1. The molecule has 1 unspecified atom stereocenters. The van der Waals surface area contributed by atoms with Crippen LogP contribution in [0.3, 0.4) is 0 Å². The molecule has 1 fully saturated rings. The van der Waals surface area contributed by atoms with Crippen LogP contribution in [0.15, 0.2) is 59.7 Å². The van der Waals surface area contributed by atoms with Crippen LogP contribution in [-0.4, -0.2) is 44.5 Å². The van der Waals surface area contributed by atoms with Gasteiger partial charge in [-0.15, -0.1) is 0 Å². The van der Waals surface area contributed by atoms with Crippen LogP contribution in [0, 0.1) is 6.92 Å². The number of aliphatic hydroxyl groups excluding tert-OH is 1. The number of aliphatic hydroxyl groups is 1. The molecule has 0 amide bonds. The summed E-state index contributed by atoms with van der Waals surface area (Å²) >= 11 is 5.82. The molecule has 1 saturated heterocycles. The van der Waals surface area contributed by atoms with Gasteiger partial charge in [-0.3, -0.25) is 19.5 Å². The zero-order valence-electron chi connectivity index (χ0n) is 18.4. The van der Waals surface area contributed by atoms with Gasteiger partial charge in [0, 0.05) is 43.7 Å². The minimum atomic E-state index is -0.313. The number of hydrogen-bond donors (Lipinski definition) is 1. The van der Waals surface area contributed by atoms with Crippen LogP contribution in [0.25, 0.3) is 0 Å². The Morgan fingerprint density at radius 3 is 2.76 bits per heavy atom. The van der Waals surface area contributed by atoms with E-state index in [9.17, 15) is 14.7 Å². The van der Waals surface area contributed by atoms with E-state index < -0.39 is 0 Å². The van der Waals surface area contributed by atoms with E-state index in [1.54, 1.807) is 24.4 Å². The molecular formula is C25H26ClN3O4. The second kappa shape index (κ2) is 10.3. The maximum Gasteiger partial charge on any atom is 0.254 e. The molecule has 1 N–H and O–H groups in total. The van der Waals surface area contributed by atoms with Crippen LogP contribution in [-0.2, 0) is 19.7 Å². The summed E-state index contributed by atoms with van der Waals surface area (Å²) in [6, 6.07) is 12.3. The first-order valence-corrected chi connectivity index (χ1v) is 11.2. The number of aromatic nitrogens is 2. The van der Waals surface area contributed by atoms with Gasteiger partial charge in [0.15, 0.2) is 5.78 Å². The summed E-state index contributed by atoms with van der Waals surface area (Å²) in [5.41, 5.74) is 2.96. The number of benzene rings is 1. The highest BCUT2D eigenvalue weighted by Gasteiger charge is 2.20. The van der Waals surface area contributed by atoms with Crippen molar-refractivity contribution in [1.29, 1.82) is 0 Å². The highest BCUT2D eigenvalue weighted by atomic mass is 35.5. The zero-order chi connectivity index (χ0) is 23.4. The Morgan fingerprint density at radius 1 is 1.24 bits per heavy atom. The Hall–Kier alpha value is -3.00. The predicted molar refractivity (Wildman–Crippen MR) is 126 cm³/mol. The second-order valence-corrected chi connectivity index (χ2v) is 8.77. The lowest BCUT2D eigenvalue weighted by atomic mass is 10.0. The van der Waals surface area contributed by atoms with Gasteiger partial charge >= 0.3 is 0 Å². The number of ether oxygens (including phenoxy) is 1. The van der Waals surface area contributed by atoms with Gasteiger partial charge in [-0.1, -0.05) is 29.8 Å². The largest absolute Gasteiger partial charge is 0.487 e. The number of aryl methyl sites for hydroxylation is 1. The molecule has 7 nitrogen and oxygen atoms in total. The summed E-state index contributed by atoms with van der Waals surface area (Å²) < 4.78 is 7.00. The molecule has 2 aromatic heterocycles. The van der Waals surface area contributed by atoms with Crippen molar-refractivity contribution in [3.05, 3.63) is 92.6 Å². The molecule has 1 aliphatic rings. The Balaban J connectivity index is 1.37. The lowest BCUT2D eigenvalue weighted by Gasteiger charge is -2.16. The molecule has 0 spiro atoms. The maximum absolute atomic E-state index is 12.9. The molecular weight excluding hydrogens is 442 g/mol. The van der Waals surface area contributed by atoms with Crippen molar-refractivity contribution < 1.29 is 14.6 Å². The van der Waals surface area contributed by atoms with Crippen molar-refractivity contribution in [2.24, 2.45) is 0 Å². The average Bonchev–Trinajstić information content (AvgIpc) is 3.19. The molecule has 33 heavy (non-hydrogen) atoms. The number of carbonyl (C=O) groups excluding carboxylic acids is 1. The van der Waals surface area contributed by atoms with Crippen molar-refractivity contribution in [2.45, 2.75) is 39.1 Å². The lowest BCUT2D eigenvalue weighted by molar-refractivity contribution is 0.0970. The smallest absolute Gasteiger partial charge is 0.254 e. The number of β-amino-alcohol motifs (C(OH)–C–C–N with tert-alkyl or cyclic N) is 1. The van der Waals surface area contributed by atoms with Crippen LogP contribution in [0.4, 0.5) is 0 Å². The summed E-state index contributed by atoms with van der Waals surface area (Å²) in [4.78, 5) is 31.7. The third-order valence-corrected chi connectivity index (χ3v) is 5.93. The number of Topliss-reactive ketones (excluding diaryl/α,β-unsaturated/α-hetero) is 1. The van der Waals surface area contributed by atoms with Gasteiger partial charge in [0.2, 0.25) is 0 Å². The number of pyridine rings is 2. The highest BCUT2D eigenvalue weighted by molar-refractivity contribution is 6.30. The van der Waals surface area contributed by atoms with E-state index in [4.69, 9.17) is 16.3 Å². The topological polar surface area (TPSA) is 84.7 Å². The van der Waals surface area contributed by atoms with Gasteiger partial charge in [0.05, 0.1) is 23.4 Å². The Bertz CT molecular complexity index is 1190. The monoisotopic (exact) mass is 467 g/mol. The first-order chi connectivity index (χ1) is 15.9. The number of hydrogen-bond acceptors (Lipinski definition) is 6. The van der Waals surface area contributed by atoms with Crippen LogP contribution in [0.5, 0.6) is 5.75 Å². The van der Waals surface area contributed by atoms with Gasteiger partial charge in [-0.25, -0.2) is 0 Å². The van der Waals surface area contributed by atoms with Crippen molar-refractivity contribution >= 4 is 17.4 Å². The zero-order valence-corrected chi connectivity index (χ0v) is 19.2. The molecule has 0 saturated carbocycles. The Kier molecular flexibility index (Phi) is 7.23. The Labute approximate surface area is 197 Å². The molecule has 3 aromatic rings. The Morgan fingerprint density at radius 2 is 2.09 bits per heavy atom. The predicted octanol–water partition coefficient (Wildman–Crippen LogP) is 3.23. The molecule has 8 heteroatoms. The van der Waals surface area contributed by atoms with Gasteiger partial charge in [-0.05, 0) is 42.7 Å². The molecule has 172 valence electrons. The summed E-state index contributed by atoms with van der Waals surface area (Å²) in [5, 5.41) is 10.2. The molecule has 0 radical (unpaired) electrons. The van der Waals surface area contributed by atoms with Gasteiger partial charge in [-0.2, -0.15) is 0 Å². The molecule has 0 bridgehead atoms. The quantitative estimate of drug-likeness (QED) is 0.512. The number of halogens is 1. The SMILES string of the molecule is Cc1cc(CN2CCC(O)C2)ccc1C(=O)Cn1ccc(OCc2ccc(Cl)cn2)cc1=O. The normalized spacial score (nSPS) is 16.2. The molecule has 1 aliphatic heterocycles.